The minimum Gasteiger partial charge on any atom is -0.464 e. The molecule has 0 atom stereocenters. The van der Waals surface area contributed by atoms with Crippen molar-refractivity contribution in [2.45, 2.75) is 0 Å². The summed E-state index contributed by atoms with van der Waals surface area (Å²) in [6.07, 6.45) is 8.76. The number of aryl methyl sites for hydroxylation is 1. The first-order chi connectivity index (χ1) is 25.9. The largest absolute Gasteiger partial charge is 0.464 e. The minimum absolute atomic E-state index is 0.287. The number of aromatic amines is 4. The normalized spacial score (nSPS) is 9.22. The van der Waals surface area contributed by atoms with E-state index in [2.05, 4.69) is 43.6 Å². The summed E-state index contributed by atoms with van der Waals surface area (Å²) < 4.78 is 23.7. The number of carbonyl (C=O) groups is 9. The smallest absolute Gasteiger partial charge is 0.354 e. The van der Waals surface area contributed by atoms with E-state index in [0.29, 0.717) is 58.9 Å². The molecule has 0 fully saturated rings. The van der Waals surface area contributed by atoms with Crippen LogP contribution < -0.4 is 0 Å². The van der Waals surface area contributed by atoms with Gasteiger partial charge in [0.15, 0.2) is 25.1 Å². The SMILES string of the molecule is COC(=O)c1cc(C=O)c[nH]1.COC(=O)c1cc(C=O)c[nH]1.COC(=O)c1cc(C=O)cn1C.COC(=O)c1ccc(C=O)[nH]1.COC(=O)c1ccc[nH]1. The molecule has 0 aliphatic heterocycles. The van der Waals surface area contributed by atoms with Crippen molar-refractivity contribution >= 4 is 55.0 Å². The van der Waals surface area contributed by atoms with Gasteiger partial charge in [0, 0.05) is 48.5 Å². The number of aldehydes is 4. The Bertz CT molecular complexity index is 1860. The van der Waals surface area contributed by atoms with Crippen molar-refractivity contribution in [1.82, 2.24) is 24.5 Å². The van der Waals surface area contributed by atoms with Gasteiger partial charge < -0.3 is 48.2 Å². The number of nitrogens with zero attached hydrogens (tertiary/aromatic N) is 1. The van der Waals surface area contributed by atoms with Crippen LogP contribution in [0.4, 0.5) is 0 Å². The van der Waals surface area contributed by atoms with Gasteiger partial charge in [-0.15, -0.1) is 0 Å². The molecule has 5 aromatic rings. The van der Waals surface area contributed by atoms with Gasteiger partial charge in [0.2, 0.25) is 0 Å². The summed E-state index contributed by atoms with van der Waals surface area (Å²) >= 11 is 0. The molecule has 0 aromatic carbocycles. The maximum Gasteiger partial charge on any atom is 0.354 e. The third-order valence-corrected chi connectivity index (χ3v) is 6.29. The molecule has 0 amide bonds. The van der Waals surface area contributed by atoms with Crippen molar-refractivity contribution in [2.24, 2.45) is 7.05 Å². The third kappa shape index (κ3) is 14.3. The predicted molar refractivity (Wildman–Crippen MR) is 187 cm³/mol. The summed E-state index contributed by atoms with van der Waals surface area (Å²) in [5.41, 5.74) is 3.43. The van der Waals surface area contributed by atoms with Crippen LogP contribution in [0.5, 0.6) is 0 Å². The van der Waals surface area contributed by atoms with Crippen molar-refractivity contribution in [3.63, 3.8) is 0 Å². The number of rotatable bonds is 9. The Morgan fingerprint density at radius 1 is 0.537 bits per heavy atom. The van der Waals surface area contributed by atoms with Crippen LogP contribution in [0.25, 0.3) is 0 Å². The molecular formula is C35H37N5O14. The Morgan fingerprint density at radius 2 is 1.00 bits per heavy atom. The van der Waals surface area contributed by atoms with E-state index in [4.69, 9.17) is 0 Å². The number of aromatic nitrogens is 5. The van der Waals surface area contributed by atoms with Gasteiger partial charge in [0.1, 0.15) is 28.5 Å². The molecule has 0 saturated carbocycles. The van der Waals surface area contributed by atoms with Crippen LogP contribution >= 0.6 is 0 Å². The molecule has 0 unspecified atom stereocenters. The van der Waals surface area contributed by atoms with E-state index >= 15 is 0 Å². The van der Waals surface area contributed by atoms with E-state index in [1.807, 2.05) is 0 Å². The van der Waals surface area contributed by atoms with E-state index in [9.17, 15) is 43.2 Å². The van der Waals surface area contributed by atoms with Gasteiger partial charge >= 0.3 is 29.8 Å². The Labute approximate surface area is 306 Å². The fraction of sp³-hybridized carbons (Fsp3) is 0.171. The molecule has 286 valence electrons. The standard InChI is InChI=1S/C8H9NO3.3C7H7NO3.C6H7NO2/c1-9-4-6(5-10)3-7(9)8(11)12-2;2*1-11-7(10)6-2-5(4-9)3-8-6;1-11-7(10)6-3-2-5(4-9)8-6;1-9-6(8)5-3-2-4-7-5/h3-5H,1-2H3;3*2-4,8H,1H3;2-4,7H,1H3. The van der Waals surface area contributed by atoms with Gasteiger partial charge in [-0.1, -0.05) is 0 Å². The lowest BCUT2D eigenvalue weighted by molar-refractivity contribution is 0.0582. The van der Waals surface area contributed by atoms with Crippen molar-refractivity contribution in [3.8, 4) is 0 Å². The average molecular weight is 752 g/mol. The summed E-state index contributed by atoms with van der Waals surface area (Å²) in [5.74, 6) is -2.19. The summed E-state index contributed by atoms with van der Waals surface area (Å²) in [5, 5.41) is 0. The second-order valence-corrected chi connectivity index (χ2v) is 9.80. The van der Waals surface area contributed by atoms with Crippen LogP contribution in [0, 0.1) is 0 Å². The number of hydrogen-bond acceptors (Lipinski definition) is 14. The van der Waals surface area contributed by atoms with Crippen LogP contribution in [0.15, 0.2) is 67.3 Å². The zero-order valence-electron chi connectivity index (χ0n) is 29.8. The molecular weight excluding hydrogens is 714 g/mol. The van der Waals surface area contributed by atoms with Crippen LogP contribution in [0.1, 0.15) is 94.0 Å². The lowest BCUT2D eigenvalue weighted by Gasteiger charge is -1.98. The van der Waals surface area contributed by atoms with E-state index in [1.54, 1.807) is 36.1 Å². The molecule has 0 aliphatic carbocycles. The van der Waals surface area contributed by atoms with Crippen LogP contribution in [0.3, 0.4) is 0 Å². The molecule has 0 bridgehead atoms. The molecule has 54 heavy (non-hydrogen) atoms. The van der Waals surface area contributed by atoms with E-state index < -0.39 is 23.9 Å². The molecule has 0 saturated heterocycles. The number of hydrogen-bond donors (Lipinski definition) is 4. The molecule has 19 heteroatoms. The third-order valence-electron chi connectivity index (χ3n) is 6.29. The average Bonchev–Trinajstić information content (AvgIpc) is 4.07. The van der Waals surface area contributed by atoms with E-state index in [0.717, 1.165) is 0 Å². The first kappa shape index (κ1) is 44.5. The Balaban J connectivity index is 0.000000338. The monoisotopic (exact) mass is 751 g/mol. The summed E-state index contributed by atoms with van der Waals surface area (Å²) in [6, 6.07) is 10.8. The first-order valence-corrected chi connectivity index (χ1v) is 14.9. The fourth-order valence-electron chi connectivity index (χ4n) is 3.65. The number of methoxy groups -OCH3 is 5. The van der Waals surface area contributed by atoms with E-state index in [1.165, 1.54) is 78.3 Å². The highest BCUT2D eigenvalue weighted by Crippen LogP contribution is 2.06. The number of ether oxygens (including phenoxy) is 5. The number of H-pyrrole nitrogens is 4. The minimum atomic E-state index is -0.474. The fourth-order valence-corrected chi connectivity index (χ4v) is 3.65. The maximum atomic E-state index is 11.0. The lowest BCUT2D eigenvalue weighted by atomic mass is 10.3. The number of carbonyl (C=O) groups excluding carboxylic acids is 9. The maximum absolute atomic E-state index is 11.0. The molecule has 19 nitrogen and oxygen atoms in total. The molecule has 5 heterocycles. The molecule has 0 radical (unpaired) electrons. The summed E-state index contributed by atoms with van der Waals surface area (Å²) in [6.45, 7) is 0. The predicted octanol–water partition coefficient (Wildman–Crippen LogP) is 3.27. The molecule has 5 aromatic heterocycles. The molecule has 4 N–H and O–H groups in total. The second kappa shape index (κ2) is 23.8. The van der Waals surface area contributed by atoms with Crippen LogP contribution in [0.2, 0.25) is 0 Å². The number of esters is 5. The van der Waals surface area contributed by atoms with Crippen molar-refractivity contribution < 1.29 is 66.8 Å². The quantitative estimate of drug-likeness (QED) is 0.0957. The van der Waals surface area contributed by atoms with Crippen LogP contribution in [-0.2, 0) is 30.7 Å². The van der Waals surface area contributed by atoms with Crippen molar-refractivity contribution in [2.75, 3.05) is 35.5 Å². The van der Waals surface area contributed by atoms with Gasteiger partial charge in [-0.3, -0.25) is 19.2 Å². The summed E-state index contributed by atoms with van der Waals surface area (Å²) in [7, 11) is 8.18. The van der Waals surface area contributed by atoms with Gasteiger partial charge in [-0.05, 0) is 42.5 Å². The first-order valence-electron chi connectivity index (χ1n) is 14.9. The highest BCUT2D eigenvalue weighted by atomic mass is 16.5. The highest BCUT2D eigenvalue weighted by Gasteiger charge is 2.11. The second-order valence-electron chi connectivity index (χ2n) is 9.80. The number of nitrogens with one attached hydrogen (secondary N) is 4. The molecule has 0 spiro atoms. The van der Waals surface area contributed by atoms with E-state index in [-0.39, 0.29) is 23.1 Å². The zero-order valence-corrected chi connectivity index (χ0v) is 29.8. The highest BCUT2D eigenvalue weighted by molar-refractivity contribution is 5.92. The van der Waals surface area contributed by atoms with Gasteiger partial charge in [-0.2, -0.15) is 0 Å². The Morgan fingerprint density at radius 3 is 1.35 bits per heavy atom. The Kier molecular flexibility index (Phi) is 19.6. The molecule has 0 aliphatic rings. The van der Waals surface area contributed by atoms with Gasteiger partial charge in [0.05, 0.1) is 41.2 Å². The van der Waals surface area contributed by atoms with Crippen molar-refractivity contribution in [3.05, 3.63) is 118 Å². The molecule has 5 rings (SSSR count). The van der Waals surface area contributed by atoms with Crippen molar-refractivity contribution in [1.29, 1.82) is 0 Å². The van der Waals surface area contributed by atoms with Gasteiger partial charge in [-0.25, -0.2) is 24.0 Å². The zero-order chi connectivity index (χ0) is 40.6. The van der Waals surface area contributed by atoms with Crippen LogP contribution in [-0.4, -0.2) is 115 Å². The topological polar surface area (TPSA) is 268 Å². The summed E-state index contributed by atoms with van der Waals surface area (Å²) in [4.78, 5) is 105. The lowest BCUT2D eigenvalue weighted by Crippen LogP contribution is -2.06. The Hall–Kier alpha value is -7.57. The van der Waals surface area contributed by atoms with Gasteiger partial charge in [0.25, 0.3) is 0 Å².